The third-order valence-corrected chi connectivity index (χ3v) is 2.32. The second-order valence-electron chi connectivity index (χ2n) is 2.84. The van der Waals surface area contributed by atoms with Crippen molar-refractivity contribution in [1.29, 1.82) is 0 Å². The molecule has 0 bridgehead atoms. The first-order valence-corrected chi connectivity index (χ1v) is 4.94. The highest BCUT2D eigenvalue weighted by Gasteiger charge is 2.04. The summed E-state index contributed by atoms with van der Waals surface area (Å²) in [4.78, 5) is 4.00. The highest BCUT2D eigenvalue weighted by Crippen LogP contribution is 2.15. The summed E-state index contributed by atoms with van der Waals surface area (Å²) in [5.74, 6) is 1.46. The summed E-state index contributed by atoms with van der Waals surface area (Å²) in [6.07, 6.45) is 3.46. The molecule has 0 fully saturated rings. The fourth-order valence-electron chi connectivity index (χ4n) is 1.24. The lowest BCUT2D eigenvalue weighted by atomic mass is 10.4. The zero-order valence-corrected chi connectivity index (χ0v) is 8.94. The monoisotopic (exact) mass is 256 g/mol. The van der Waals surface area contributed by atoms with Crippen molar-refractivity contribution in [2.75, 3.05) is 0 Å². The van der Waals surface area contributed by atoms with Crippen LogP contribution in [0.25, 0.3) is 0 Å². The minimum Gasteiger partial charge on any atom is -0.452 e. The smallest absolute Gasteiger partial charge is 0.169 e. The van der Waals surface area contributed by atoms with E-state index < -0.39 is 0 Å². The molecule has 5 heteroatoms. The van der Waals surface area contributed by atoms with Gasteiger partial charge in [0.2, 0.25) is 0 Å². The maximum atomic E-state index is 8.97. The molecule has 2 aromatic rings. The molecule has 0 saturated carbocycles. The van der Waals surface area contributed by atoms with Gasteiger partial charge in [-0.1, -0.05) is 0 Å². The molecule has 0 saturated heterocycles. The standard InChI is InChI=1S/C9H9BrN2O2/c10-8-2-1-7(14-8)5-12-4-3-11-9(12)6-13/h1-4,13H,5-6H2. The summed E-state index contributed by atoms with van der Waals surface area (Å²) in [5.41, 5.74) is 0. The second-order valence-corrected chi connectivity index (χ2v) is 3.62. The van der Waals surface area contributed by atoms with Gasteiger partial charge in [-0.15, -0.1) is 0 Å². The Morgan fingerprint density at radius 2 is 2.36 bits per heavy atom. The van der Waals surface area contributed by atoms with Gasteiger partial charge in [0.1, 0.15) is 18.2 Å². The first kappa shape index (κ1) is 9.48. The van der Waals surface area contributed by atoms with Crippen LogP contribution < -0.4 is 0 Å². The molecule has 4 nitrogen and oxygen atoms in total. The summed E-state index contributed by atoms with van der Waals surface area (Å²) >= 11 is 3.23. The number of nitrogens with zero attached hydrogens (tertiary/aromatic N) is 2. The SMILES string of the molecule is OCc1nccn1Cc1ccc(Br)o1. The number of halogens is 1. The molecule has 0 aromatic carbocycles. The summed E-state index contributed by atoms with van der Waals surface area (Å²) in [6.45, 7) is 0.524. The van der Waals surface area contributed by atoms with E-state index in [2.05, 4.69) is 20.9 Å². The zero-order valence-electron chi connectivity index (χ0n) is 7.35. The number of furan rings is 1. The first-order chi connectivity index (χ1) is 6.79. The van der Waals surface area contributed by atoms with E-state index in [0.29, 0.717) is 17.0 Å². The fraction of sp³-hybridized carbons (Fsp3) is 0.222. The third-order valence-electron chi connectivity index (χ3n) is 1.90. The zero-order chi connectivity index (χ0) is 9.97. The van der Waals surface area contributed by atoms with Crippen molar-refractivity contribution >= 4 is 15.9 Å². The predicted molar refractivity (Wildman–Crippen MR) is 53.7 cm³/mol. The van der Waals surface area contributed by atoms with E-state index in [-0.39, 0.29) is 6.61 Å². The lowest BCUT2D eigenvalue weighted by Gasteiger charge is -2.02. The Hall–Kier alpha value is -1.07. The maximum Gasteiger partial charge on any atom is 0.169 e. The van der Waals surface area contributed by atoms with Crippen molar-refractivity contribution in [2.24, 2.45) is 0 Å². The molecule has 0 unspecified atom stereocenters. The minimum absolute atomic E-state index is 0.0606. The number of aliphatic hydroxyl groups is 1. The van der Waals surface area contributed by atoms with Crippen LogP contribution in [0.1, 0.15) is 11.6 Å². The van der Waals surface area contributed by atoms with Crippen LogP contribution in [0, 0.1) is 0 Å². The molecule has 2 aromatic heterocycles. The van der Waals surface area contributed by atoms with Crippen LogP contribution in [0.15, 0.2) is 33.6 Å². The Balaban J connectivity index is 2.18. The Morgan fingerprint density at radius 3 is 3.00 bits per heavy atom. The Labute approximate surface area is 89.3 Å². The molecule has 0 spiro atoms. The van der Waals surface area contributed by atoms with E-state index in [9.17, 15) is 0 Å². The van der Waals surface area contributed by atoms with Crippen molar-refractivity contribution < 1.29 is 9.52 Å². The van der Waals surface area contributed by atoms with E-state index in [1.54, 1.807) is 6.20 Å². The van der Waals surface area contributed by atoms with E-state index in [1.807, 2.05) is 22.9 Å². The molecule has 0 atom stereocenters. The number of imidazole rings is 1. The van der Waals surface area contributed by atoms with Crippen LogP contribution in [0.3, 0.4) is 0 Å². The largest absolute Gasteiger partial charge is 0.452 e. The average molecular weight is 257 g/mol. The van der Waals surface area contributed by atoms with Gasteiger partial charge in [0.15, 0.2) is 4.67 Å². The van der Waals surface area contributed by atoms with Crippen molar-refractivity contribution in [2.45, 2.75) is 13.2 Å². The number of rotatable bonds is 3. The number of hydrogen-bond acceptors (Lipinski definition) is 3. The highest BCUT2D eigenvalue weighted by molar-refractivity contribution is 9.10. The first-order valence-electron chi connectivity index (χ1n) is 4.14. The normalized spacial score (nSPS) is 10.7. The Kier molecular flexibility index (Phi) is 2.69. The van der Waals surface area contributed by atoms with E-state index in [0.717, 1.165) is 5.76 Å². The van der Waals surface area contributed by atoms with E-state index in [1.165, 1.54) is 0 Å². The number of aromatic nitrogens is 2. The Morgan fingerprint density at radius 1 is 1.50 bits per heavy atom. The molecule has 2 heterocycles. The van der Waals surface area contributed by atoms with Crippen LogP contribution >= 0.6 is 15.9 Å². The lowest BCUT2D eigenvalue weighted by molar-refractivity contribution is 0.265. The van der Waals surface area contributed by atoms with Gasteiger partial charge >= 0.3 is 0 Å². The fourth-order valence-corrected chi connectivity index (χ4v) is 1.58. The van der Waals surface area contributed by atoms with E-state index in [4.69, 9.17) is 9.52 Å². The molecule has 74 valence electrons. The summed E-state index contributed by atoms with van der Waals surface area (Å²) in [5, 5.41) is 8.97. The van der Waals surface area contributed by atoms with Gasteiger partial charge in [-0.25, -0.2) is 4.98 Å². The van der Waals surface area contributed by atoms with E-state index >= 15 is 0 Å². The summed E-state index contributed by atoms with van der Waals surface area (Å²) in [7, 11) is 0. The highest BCUT2D eigenvalue weighted by atomic mass is 79.9. The lowest BCUT2D eigenvalue weighted by Crippen LogP contribution is -2.03. The average Bonchev–Trinajstić information content (AvgIpc) is 2.76. The van der Waals surface area contributed by atoms with Gasteiger partial charge in [0, 0.05) is 12.4 Å². The van der Waals surface area contributed by atoms with Gasteiger partial charge in [-0.3, -0.25) is 0 Å². The molecule has 0 aliphatic heterocycles. The summed E-state index contributed by atoms with van der Waals surface area (Å²) < 4.78 is 7.89. The molecule has 2 rings (SSSR count). The van der Waals surface area contributed by atoms with Crippen LogP contribution in [0.4, 0.5) is 0 Å². The number of hydrogen-bond donors (Lipinski definition) is 1. The van der Waals surface area contributed by atoms with Gasteiger partial charge < -0.3 is 14.1 Å². The van der Waals surface area contributed by atoms with Crippen LogP contribution in [-0.2, 0) is 13.2 Å². The molecular formula is C9H9BrN2O2. The van der Waals surface area contributed by atoms with Gasteiger partial charge in [0.05, 0.1) is 6.54 Å². The van der Waals surface area contributed by atoms with Crippen LogP contribution in [0.2, 0.25) is 0 Å². The quantitative estimate of drug-likeness (QED) is 0.911. The molecule has 14 heavy (non-hydrogen) atoms. The van der Waals surface area contributed by atoms with Gasteiger partial charge in [-0.05, 0) is 28.1 Å². The molecule has 0 aliphatic carbocycles. The van der Waals surface area contributed by atoms with Crippen LogP contribution in [-0.4, -0.2) is 14.7 Å². The molecular weight excluding hydrogens is 248 g/mol. The summed E-state index contributed by atoms with van der Waals surface area (Å²) in [6, 6.07) is 3.72. The number of aliphatic hydroxyl groups excluding tert-OH is 1. The van der Waals surface area contributed by atoms with Gasteiger partial charge in [-0.2, -0.15) is 0 Å². The maximum absolute atomic E-state index is 8.97. The Bertz CT molecular complexity index is 422. The minimum atomic E-state index is -0.0606. The molecule has 0 aliphatic rings. The van der Waals surface area contributed by atoms with Gasteiger partial charge in [0.25, 0.3) is 0 Å². The third kappa shape index (κ3) is 1.88. The molecule has 0 radical (unpaired) electrons. The molecule has 0 amide bonds. The van der Waals surface area contributed by atoms with Crippen molar-refractivity contribution in [3.05, 3.63) is 40.8 Å². The van der Waals surface area contributed by atoms with Crippen LogP contribution in [0.5, 0.6) is 0 Å². The molecule has 1 N–H and O–H groups in total. The topological polar surface area (TPSA) is 51.2 Å². The van der Waals surface area contributed by atoms with Crippen molar-refractivity contribution in [3.8, 4) is 0 Å². The predicted octanol–water partition coefficient (Wildman–Crippen LogP) is 1.78. The van der Waals surface area contributed by atoms with Crippen molar-refractivity contribution in [1.82, 2.24) is 9.55 Å². The second kappa shape index (κ2) is 3.98. The van der Waals surface area contributed by atoms with Crippen molar-refractivity contribution in [3.63, 3.8) is 0 Å².